The number of nitrogens with two attached hydrogens (primary N) is 1. The lowest BCUT2D eigenvalue weighted by atomic mass is 9.93. The van der Waals surface area contributed by atoms with E-state index in [1.807, 2.05) is 0 Å². The lowest BCUT2D eigenvalue weighted by Gasteiger charge is -2.27. The Labute approximate surface area is 129 Å². The van der Waals surface area contributed by atoms with E-state index in [9.17, 15) is 0 Å². The van der Waals surface area contributed by atoms with Crippen molar-refractivity contribution in [3.63, 3.8) is 0 Å². The summed E-state index contributed by atoms with van der Waals surface area (Å²) < 4.78 is 7.95. The molecule has 1 aliphatic rings. The molecule has 4 nitrogen and oxygen atoms in total. The fourth-order valence-corrected chi connectivity index (χ4v) is 3.26. The quantitative estimate of drug-likeness (QED) is 0.778. The van der Waals surface area contributed by atoms with Crippen molar-refractivity contribution in [1.29, 1.82) is 0 Å². The first-order valence-corrected chi connectivity index (χ1v) is 8.57. The van der Waals surface area contributed by atoms with E-state index in [4.69, 9.17) is 10.5 Å². The van der Waals surface area contributed by atoms with Gasteiger partial charge in [0.2, 0.25) is 0 Å². The van der Waals surface area contributed by atoms with Crippen molar-refractivity contribution in [1.82, 2.24) is 9.78 Å². The van der Waals surface area contributed by atoms with E-state index in [0.717, 1.165) is 31.4 Å². The lowest BCUT2D eigenvalue weighted by molar-refractivity contribution is 0.0645. The monoisotopic (exact) mass is 293 g/mol. The van der Waals surface area contributed by atoms with Gasteiger partial charge < -0.3 is 10.5 Å². The number of hydrogen-bond acceptors (Lipinski definition) is 3. The zero-order valence-electron chi connectivity index (χ0n) is 13.7. The summed E-state index contributed by atoms with van der Waals surface area (Å²) in [5.74, 6) is 0. The lowest BCUT2D eigenvalue weighted by Crippen LogP contribution is -2.43. The molecule has 1 fully saturated rings. The molecule has 1 heterocycles. The predicted molar refractivity (Wildman–Crippen MR) is 86.1 cm³/mol. The molecule has 4 heteroatoms. The third kappa shape index (κ3) is 4.82. The highest BCUT2D eigenvalue weighted by Gasteiger charge is 2.26. The molecule has 1 aliphatic carbocycles. The summed E-state index contributed by atoms with van der Waals surface area (Å²) >= 11 is 0. The molecule has 1 aromatic rings. The SMILES string of the molecule is CCC(CC)n1ccc(COCC2(N)CCCCCC2)n1. The average molecular weight is 293 g/mol. The maximum Gasteiger partial charge on any atom is 0.0907 e. The van der Waals surface area contributed by atoms with Crippen LogP contribution < -0.4 is 5.73 Å². The standard InChI is InChI=1S/C17H31N3O/c1-3-16(4-2)20-12-9-15(19-20)13-21-14-17(18)10-7-5-6-8-11-17/h9,12,16H,3-8,10-11,13-14,18H2,1-2H3. The van der Waals surface area contributed by atoms with Gasteiger partial charge in [-0.05, 0) is 31.7 Å². The average Bonchev–Trinajstić information content (AvgIpc) is 2.82. The molecule has 1 saturated carbocycles. The third-order valence-electron chi connectivity index (χ3n) is 4.72. The largest absolute Gasteiger partial charge is 0.373 e. The molecular weight excluding hydrogens is 262 g/mol. The first kappa shape index (κ1) is 16.5. The molecule has 0 aliphatic heterocycles. The fourth-order valence-electron chi connectivity index (χ4n) is 3.26. The van der Waals surface area contributed by atoms with Gasteiger partial charge in [0.15, 0.2) is 0 Å². The molecule has 0 spiro atoms. The molecule has 0 atom stereocenters. The summed E-state index contributed by atoms with van der Waals surface area (Å²) in [7, 11) is 0. The zero-order valence-corrected chi connectivity index (χ0v) is 13.7. The van der Waals surface area contributed by atoms with Crippen LogP contribution in [0.1, 0.15) is 76.9 Å². The summed E-state index contributed by atoms with van der Waals surface area (Å²) in [5, 5.41) is 4.63. The highest BCUT2D eigenvalue weighted by molar-refractivity contribution is 4.98. The minimum atomic E-state index is -0.117. The number of aromatic nitrogens is 2. The van der Waals surface area contributed by atoms with Gasteiger partial charge in [0, 0.05) is 11.7 Å². The van der Waals surface area contributed by atoms with Crippen LogP contribution in [0.25, 0.3) is 0 Å². The first-order chi connectivity index (χ1) is 10.2. The Bertz CT molecular complexity index is 404. The van der Waals surface area contributed by atoms with Crippen molar-refractivity contribution in [2.45, 2.75) is 83.4 Å². The molecule has 0 amide bonds. The van der Waals surface area contributed by atoms with E-state index in [0.29, 0.717) is 19.3 Å². The molecule has 2 N–H and O–H groups in total. The van der Waals surface area contributed by atoms with Gasteiger partial charge in [0.25, 0.3) is 0 Å². The summed E-state index contributed by atoms with van der Waals surface area (Å²) in [6, 6.07) is 2.57. The molecule has 0 aromatic carbocycles. The van der Waals surface area contributed by atoms with Crippen LogP contribution in [0.15, 0.2) is 12.3 Å². The van der Waals surface area contributed by atoms with Gasteiger partial charge in [-0.15, -0.1) is 0 Å². The van der Waals surface area contributed by atoms with Crippen molar-refractivity contribution in [3.8, 4) is 0 Å². The van der Waals surface area contributed by atoms with Gasteiger partial charge in [0.1, 0.15) is 0 Å². The predicted octanol–water partition coefficient (Wildman–Crippen LogP) is 3.81. The van der Waals surface area contributed by atoms with Gasteiger partial charge in [-0.25, -0.2) is 0 Å². The van der Waals surface area contributed by atoms with Crippen molar-refractivity contribution < 1.29 is 4.74 Å². The topological polar surface area (TPSA) is 53.1 Å². The van der Waals surface area contributed by atoms with Crippen LogP contribution in [0.4, 0.5) is 0 Å². The van der Waals surface area contributed by atoms with Gasteiger partial charge in [-0.2, -0.15) is 5.10 Å². The van der Waals surface area contributed by atoms with E-state index < -0.39 is 0 Å². The Morgan fingerprint density at radius 2 is 1.90 bits per heavy atom. The Kier molecular flexibility index (Phi) is 6.24. The van der Waals surface area contributed by atoms with Gasteiger partial charge in [0.05, 0.1) is 24.9 Å². The first-order valence-electron chi connectivity index (χ1n) is 8.57. The molecule has 0 bridgehead atoms. The molecule has 2 rings (SSSR count). The second-order valence-corrected chi connectivity index (χ2v) is 6.53. The van der Waals surface area contributed by atoms with E-state index >= 15 is 0 Å². The smallest absolute Gasteiger partial charge is 0.0907 e. The van der Waals surface area contributed by atoms with Crippen LogP contribution in [0, 0.1) is 0 Å². The van der Waals surface area contributed by atoms with Crippen molar-refractivity contribution in [2.75, 3.05) is 6.61 Å². The van der Waals surface area contributed by atoms with Gasteiger partial charge in [-0.3, -0.25) is 4.68 Å². The Hall–Kier alpha value is -0.870. The van der Waals surface area contributed by atoms with Crippen LogP contribution in [0.3, 0.4) is 0 Å². The highest BCUT2D eigenvalue weighted by atomic mass is 16.5. The van der Waals surface area contributed by atoms with E-state index in [-0.39, 0.29) is 5.54 Å². The molecule has 1 aromatic heterocycles. The number of ether oxygens (including phenoxy) is 1. The maximum absolute atomic E-state index is 6.47. The molecule has 0 radical (unpaired) electrons. The maximum atomic E-state index is 6.47. The Morgan fingerprint density at radius 1 is 1.24 bits per heavy atom. The fraction of sp³-hybridized carbons (Fsp3) is 0.824. The second-order valence-electron chi connectivity index (χ2n) is 6.53. The van der Waals surface area contributed by atoms with E-state index in [1.54, 1.807) is 0 Å². The van der Waals surface area contributed by atoms with Crippen molar-refractivity contribution >= 4 is 0 Å². The normalized spacial score (nSPS) is 18.9. The van der Waals surface area contributed by atoms with Crippen molar-refractivity contribution in [3.05, 3.63) is 18.0 Å². The van der Waals surface area contributed by atoms with Gasteiger partial charge >= 0.3 is 0 Å². The van der Waals surface area contributed by atoms with Crippen LogP contribution in [-0.2, 0) is 11.3 Å². The summed E-state index contributed by atoms with van der Waals surface area (Å²) in [5.41, 5.74) is 7.37. The zero-order chi connectivity index (χ0) is 15.1. The minimum absolute atomic E-state index is 0.117. The molecule has 0 saturated heterocycles. The second kappa shape index (κ2) is 7.95. The van der Waals surface area contributed by atoms with Crippen LogP contribution in [0.5, 0.6) is 0 Å². The summed E-state index contributed by atoms with van der Waals surface area (Å²) in [6.45, 7) is 5.64. The van der Waals surface area contributed by atoms with Gasteiger partial charge in [-0.1, -0.05) is 39.5 Å². The van der Waals surface area contributed by atoms with Crippen LogP contribution in [-0.4, -0.2) is 21.9 Å². The van der Waals surface area contributed by atoms with E-state index in [2.05, 4.69) is 35.9 Å². The molecular formula is C17H31N3O. The molecule has 120 valence electrons. The minimum Gasteiger partial charge on any atom is -0.373 e. The summed E-state index contributed by atoms with van der Waals surface area (Å²) in [6.07, 6.45) is 11.6. The highest BCUT2D eigenvalue weighted by Crippen LogP contribution is 2.25. The number of hydrogen-bond donors (Lipinski definition) is 1. The van der Waals surface area contributed by atoms with Crippen LogP contribution in [0.2, 0.25) is 0 Å². The van der Waals surface area contributed by atoms with Crippen molar-refractivity contribution in [2.24, 2.45) is 5.73 Å². The summed E-state index contributed by atoms with van der Waals surface area (Å²) in [4.78, 5) is 0. The third-order valence-corrected chi connectivity index (χ3v) is 4.72. The number of nitrogens with zero attached hydrogens (tertiary/aromatic N) is 2. The Balaban J connectivity index is 1.80. The van der Waals surface area contributed by atoms with E-state index in [1.165, 1.54) is 25.7 Å². The molecule has 0 unspecified atom stereocenters. The Morgan fingerprint density at radius 3 is 2.52 bits per heavy atom. The number of rotatable bonds is 7. The van der Waals surface area contributed by atoms with Crippen LogP contribution >= 0.6 is 0 Å². The molecule has 21 heavy (non-hydrogen) atoms.